The van der Waals surface area contributed by atoms with Gasteiger partial charge in [-0.1, -0.05) is 12.1 Å². The standard InChI is InChI=1S/C7H6O3.C3H8O2.Na/c8-6-4-2-1-3-5(6)7(9)10;1-3(5)2-4;/h1-4,8H,(H,9,10);3-5H,2H2,1H3;. The normalized spacial score (nSPS) is 10.4. The third-order valence-corrected chi connectivity index (χ3v) is 1.40. The van der Waals surface area contributed by atoms with Gasteiger partial charge in [-0.05, 0) is 19.1 Å². The summed E-state index contributed by atoms with van der Waals surface area (Å²) in [6.45, 7) is 1.39. The minimum absolute atomic E-state index is 0. The minimum atomic E-state index is -1.11. The van der Waals surface area contributed by atoms with Crippen LogP contribution in [0.15, 0.2) is 24.3 Å². The minimum Gasteiger partial charge on any atom is -0.507 e. The van der Waals surface area contributed by atoms with Crippen LogP contribution in [0.3, 0.4) is 0 Å². The van der Waals surface area contributed by atoms with Crippen molar-refractivity contribution in [1.29, 1.82) is 0 Å². The van der Waals surface area contributed by atoms with Gasteiger partial charge < -0.3 is 20.4 Å². The van der Waals surface area contributed by atoms with Gasteiger partial charge in [-0.3, -0.25) is 0 Å². The van der Waals surface area contributed by atoms with Crippen LogP contribution in [0.5, 0.6) is 5.75 Å². The number of aromatic hydroxyl groups is 1. The molecule has 1 aromatic carbocycles. The molecule has 0 aromatic heterocycles. The molecule has 0 aliphatic rings. The Morgan fingerprint density at radius 2 is 1.81 bits per heavy atom. The monoisotopic (exact) mass is 237 g/mol. The molecule has 0 heterocycles. The Hall–Kier alpha value is -0.590. The van der Waals surface area contributed by atoms with E-state index in [4.69, 9.17) is 20.4 Å². The maximum atomic E-state index is 10.3. The molecule has 0 saturated heterocycles. The molecule has 1 unspecified atom stereocenters. The van der Waals surface area contributed by atoms with Crippen molar-refractivity contribution in [3.63, 3.8) is 0 Å². The van der Waals surface area contributed by atoms with Crippen molar-refractivity contribution in [2.24, 2.45) is 0 Å². The Morgan fingerprint density at radius 1 is 1.38 bits per heavy atom. The maximum Gasteiger partial charge on any atom is 0.339 e. The zero-order valence-electron chi connectivity index (χ0n) is 9.29. The molecule has 6 heteroatoms. The van der Waals surface area contributed by atoms with Crippen LogP contribution in [0.2, 0.25) is 0 Å². The van der Waals surface area contributed by atoms with Crippen LogP contribution < -0.4 is 0 Å². The van der Waals surface area contributed by atoms with Crippen molar-refractivity contribution in [2.45, 2.75) is 13.0 Å². The zero-order chi connectivity index (χ0) is 11.8. The second kappa shape index (κ2) is 9.62. The first-order valence-corrected chi connectivity index (χ1v) is 4.29. The Balaban J connectivity index is 0. The van der Waals surface area contributed by atoms with Gasteiger partial charge in [-0.25, -0.2) is 4.79 Å². The number of hydrogen-bond acceptors (Lipinski definition) is 4. The van der Waals surface area contributed by atoms with E-state index in [1.807, 2.05) is 0 Å². The number of rotatable bonds is 2. The van der Waals surface area contributed by atoms with E-state index in [1.54, 1.807) is 12.1 Å². The number of aromatic carboxylic acids is 1. The summed E-state index contributed by atoms with van der Waals surface area (Å²) in [6, 6.07) is 5.81. The van der Waals surface area contributed by atoms with Gasteiger partial charge in [0.15, 0.2) is 0 Å². The van der Waals surface area contributed by atoms with E-state index in [9.17, 15) is 4.79 Å². The largest absolute Gasteiger partial charge is 0.507 e. The number of carbonyl (C=O) groups is 1. The van der Waals surface area contributed by atoms with E-state index in [1.165, 1.54) is 19.1 Å². The molecule has 0 bridgehead atoms. The van der Waals surface area contributed by atoms with Crippen LogP contribution in [0.1, 0.15) is 17.3 Å². The Morgan fingerprint density at radius 3 is 2.06 bits per heavy atom. The van der Waals surface area contributed by atoms with E-state index in [2.05, 4.69) is 0 Å². The molecule has 5 nitrogen and oxygen atoms in total. The molecular weight excluding hydrogens is 223 g/mol. The van der Waals surface area contributed by atoms with Crippen LogP contribution >= 0.6 is 0 Å². The number of aliphatic hydroxyl groups excluding tert-OH is 2. The summed E-state index contributed by atoms with van der Waals surface area (Å²) >= 11 is 0. The summed E-state index contributed by atoms with van der Waals surface area (Å²) in [5.74, 6) is -1.31. The first kappa shape index (κ1) is 17.8. The van der Waals surface area contributed by atoms with Crippen LogP contribution in [0.4, 0.5) is 0 Å². The van der Waals surface area contributed by atoms with E-state index in [0.717, 1.165) is 0 Å². The summed E-state index contributed by atoms with van der Waals surface area (Å²) in [6.07, 6.45) is -0.560. The van der Waals surface area contributed by atoms with Crippen molar-refractivity contribution < 1.29 is 25.2 Å². The Labute approximate surface area is 116 Å². The SMILES string of the molecule is CC(O)CO.O=C(O)c1ccccc1O.[Na]. The Bertz CT molecular complexity index is 314. The molecule has 0 aliphatic carbocycles. The fraction of sp³-hybridized carbons (Fsp3) is 0.300. The third-order valence-electron chi connectivity index (χ3n) is 1.40. The van der Waals surface area contributed by atoms with E-state index >= 15 is 0 Å². The molecule has 0 amide bonds. The smallest absolute Gasteiger partial charge is 0.339 e. The van der Waals surface area contributed by atoms with Gasteiger partial charge >= 0.3 is 5.97 Å². The van der Waals surface area contributed by atoms with E-state index < -0.39 is 12.1 Å². The number of carboxylic acid groups (broad SMARTS) is 1. The number of aliphatic hydroxyl groups is 2. The van der Waals surface area contributed by atoms with Crippen LogP contribution in [0, 0.1) is 0 Å². The molecule has 1 atom stereocenters. The molecule has 85 valence electrons. The van der Waals surface area contributed by atoms with Gasteiger partial charge in [0.1, 0.15) is 11.3 Å². The number of benzene rings is 1. The first-order valence-electron chi connectivity index (χ1n) is 4.29. The van der Waals surface area contributed by atoms with Crippen molar-refractivity contribution in [1.82, 2.24) is 0 Å². The summed E-state index contributed by atoms with van der Waals surface area (Å²) in [7, 11) is 0. The van der Waals surface area contributed by atoms with Crippen LogP contribution in [-0.2, 0) is 0 Å². The molecule has 0 aliphatic heterocycles. The molecule has 16 heavy (non-hydrogen) atoms. The molecule has 1 rings (SSSR count). The molecular formula is C10H14NaO5. The summed E-state index contributed by atoms with van der Waals surface area (Å²) < 4.78 is 0. The maximum absolute atomic E-state index is 10.3. The van der Waals surface area contributed by atoms with Crippen molar-refractivity contribution in [3.8, 4) is 5.75 Å². The van der Waals surface area contributed by atoms with E-state index in [-0.39, 0.29) is 47.5 Å². The fourth-order valence-corrected chi connectivity index (χ4v) is 0.654. The molecule has 0 spiro atoms. The second-order valence-corrected chi connectivity index (χ2v) is 2.85. The summed E-state index contributed by atoms with van der Waals surface area (Å²) in [4.78, 5) is 10.3. The zero-order valence-corrected chi connectivity index (χ0v) is 11.3. The van der Waals surface area contributed by atoms with Crippen molar-refractivity contribution in [2.75, 3.05) is 6.61 Å². The summed E-state index contributed by atoms with van der Waals surface area (Å²) in [5, 5.41) is 33.3. The van der Waals surface area contributed by atoms with E-state index in [0.29, 0.717) is 0 Å². The van der Waals surface area contributed by atoms with Gasteiger partial charge in [-0.15, -0.1) is 0 Å². The topological polar surface area (TPSA) is 98.0 Å². The second-order valence-electron chi connectivity index (χ2n) is 2.85. The Kier molecular flexibility index (Phi) is 10.7. The molecule has 0 saturated carbocycles. The summed E-state index contributed by atoms with van der Waals surface area (Å²) in [5.41, 5.74) is -0.0671. The molecule has 1 aromatic rings. The van der Waals surface area contributed by atoms with Gasteiger partial charge in [0.2, 0.25) is 0 Å². The molecule has 1 radical (unpaired) electrons. The fourth-order valence-electron chi connectivity index (χ4n) is 0.654. The van der Waals surface area contributed by atoms with Gasteiger partial charge in [0.05, 0.1) is 12.7 Å². The number of phenols is 1. The van der Waals surface area contributed by atoms with Gasteiger partial charge in [0, 0.05) is 29.6 Å². The quantitative estimate of drug-likeness (QED) is 0.546. The average Bonchev–Trinajstić information content (AvgIpc) is 2.19. The van der Waals surface area contributed by atoms with Crippen LogP contribution in [-0.4, -0.2) is 68.7 Å². The number of carboxylic acids is 1. The average molecular weight is 237 g/mol. The number of para-hydroxylation sites is 1. The molecule has 4 N–H and O–H groups in total. The first-order chi connectivity index (χ1) is 6.99. The predicted molar refractivity (Wildman–Crippen MR) is 59.6 cm³/mol. The molecule has 0 fully saturated rings. The van der Waals surface area contributed by atoms with Crippen molar-refractivity contribution >= 4 is 35.5 Å². The number of hydrogen-bond donors (Lipinski definition) is 4. The van der Waals surface area contributed by atoms with Gasteiger partial charge in [0.25, 0.3) is 0 Å². The van der Waals surface area contributed by atoms with Crippen molar-refractivity contribution in [3.05, 3.63) is 29.8 Å². The third kappa shape index (κ3) is 7.67. The van der Waals surface area contributed by atoms with Gasteiger partial charge in [-0.2, -0.15) is 0 Å². The predicted octanol–water partition coefficient (Wildman–Crippen LogP) is 0.0691. The van der Waals surface area contributed by atoms with Crippen LogP contribution in [0.25, 0.3) is 0 Å².